The highest BCUT2D eigenvalue weighted by atomic mass is 16.5. The van der Waals surface area contributed by atoms with E-state index in [1.165, 1.54) is 6.08 Å². The highest BCUT2D eigenvalue weighted by Crippen LogP contribution is 2.68. The molecule has 0 amide bonds. The summed E-state index contributed by atoms with van der Waals surface area (Å²) >= 11 is 0. The molecule has 1 saturated carbocycles. The number of hydrogen-bond donors (Lipinski definition) is 1. The van der Waals surface area contributed by atoms with Gasteiger partial charge in [0, 0.05) is 5.92 Å². The normalized spacial score (nSPS) is 33.6. The predicted molar refractivity (Wildman–Crippen MR) is 57.1 cm³/mol. The molecule has 1 N–H and O–H groups in total. The molecule has 1 unspecified atom stereocenters. The van der Waals surface area contributed by atoms with Gasteiger partial charge in [-0.3, -0.25) is 4.79 Å². The second-order valence-corrected chi connectivity index (χ2v) is 4.43. The minimum absolute atomic E-state index is 0.0284. The Hall–Kier alpha value is -1.65. The molecular formula is C12H14O5. The van der Waals surface area contributed by atoms with E-state index < -0.39 is 23.3 Å². The SMILES string of the molecule is CCCOC(=O)[C@]12C(C(=O)O)=CC[C@H]1C2C=O. The van der Waals surface area contributed by atoms with Gasteiger partial charge in [-0.2, -0.15) is 0 Å². The van der Waals surface area contributed by atoms with Crippen LogP contribution >= 0.6 is 0 Å². The molecule has 2 rings (SSSR count). The lowest BCUT2D eigenvalue weighted by molar-refractivity contribution is -0.152. The third kappa shape index (κ3) is 1.41. The third-order valence-electron chi connectivity index (χ3n) is 3.61. The summed E-state index contributed by atoms with van der Waals surface area (Å²) < 4.78 is 5.03. The molecule has 17 heavy (non-hydrogen) atoms. The topological polar surface area (TPSA) is 80.7 Å². The first kappa shape index (κ1) is 11.8. The van der Waals surface area contributed by atoms with Gasteiger partial charge in [-0.25, -0.2) is 4.79 Å². The summed E-state index contributed by atoms with van der Waals surface area (Å²) in [7, 11) is 0. The number of allylic oxidation sites excluding steroid dienone is 1. The lowest BCUT2D eigenvalue weighted by Crippen LogP contribution is -2.27. The Labute approximate surface area is 98.4 Å². The number of rotatable bonds is 5. The third-order valence-corrected chi connectivity index (χ3v) is 3.61. The van der Waals surface area contributed by atoms with E-state index in [0.717, 1.165) is 0 Å². The van der Waals surface area contributed by atoms with Gasteiger partial charge in [-0.15, -0.1) is 0 Å². The number of aliphatic carboxylic acids is 1. The second-order valence-electron chi connectivity index (χ2n) is 4.43. The molecule has 92 valence electrons. The summed E-state index contributed by atoms with van der Waals surface area (Å²) in [5.41, 5.74) is -1.16. The summed E-state index contributed by atoms with van der Waals surface area (Å²) in [6.45, 7) is 2.11. The Morgan fingerprint density at radius 3 is 2.82 bits per heavy atom. The van der Waals surface area contributed by atoms with Gasteiger partial charge in [0.05, 0.1) is 12.2 Å². The molecule has 5 nitrogen and oxygen atoms in total. The van der Waals surface area contributed by atoms with E-state index in [0.29, 0.717) is 19.1 Å². The van der Waals surface area contributed by atoms with E-state index in [-0.39, 0.29) is 18.1 Å². The van der Waals surface area contributed by atoms with Crippen LogP contribution in [-0.4, -0.2) is 29.9 Å². The quantitative estimate of drug-likeness (QED) is 0.565. The summed E-state index contributed by atoms with van der Waals surface area (Å²) in [5, 5.41) is 9.07. The van der Waals surface area contributed by atoms with Crippen molar-refractivity contribution in [2.75, 3.05) is 6.61 Å². The van der Waals surface area contributed by atoms with Gasteiger partial charge >= 0.3 is 11.9 Å². The van der Waals surface area contributed by atoms with E-state index >= 15 is 0 Å². The fourth-order valence-corrected chi connectivity index (χ4v) is 2.79. The number of carbonyl (C=O) groups excluding carboxylic acids is 2. The van der Waals surface area contributed by atoms with Gasteiger partial charge in [-0.1, -0.05) is 13.0 Å². The van der Waals surface area contributed by atoms with Crippen LogP contribution in [0.3, 0.4) is 0 Å². The molecular weight excluding hydrogens is 224 g/mol. The molecule has 0 bridgehead atoms. The Balaban J connectivity index is 2.26. The van der Waals surface area contributed by atoms with E-state index in [2.05, 4.69) is 0 Å². The molecule has 0 saturated heterocycles. The minimum atomic E-state index is -1.19. The van der Waals surface area contributed by atoms with Crippen LogP contribution in [0.1, 0.15) is 19.8 Å². The van der Waals surface area contributed by atoms with Crippen molar-refractivity contribution in [3.8, 4) is 0 Å². The first-order valence-electron chi connectivity index (χ1n) is 5.67. The maximum atomic E-state index is 12.0. The first-order valence-corrected chi connectivity index (χ1v) is 5.67. The average Bonchev–Trinajstić information content (AvgIpc) is 2.78. The number of aldehydes is 1. The number of fused-ring (bicyclic) bond motifs is 1. The highest BCUT2D eigenvalue weighted by Gasteiger charge is 2.75. The smallest absolute Gasteiger partial charge is 0.332 e. The highest BCUT2D eigenvalue weighted by molar-refractivity contribution is 6.04. The molecule has 0 aromatic rings. The Morgan fingerprint density at radius 1 is 1.65 bits per heavy atom. The van der Waals surface area contributed by atoms with E-state index in [4.69, 9.17) is 9.84 Å². The van der Waals surface area contributed by atoms with E-state index in [9.17, 15) is 14.4 Å². The van der Waals surface area contributed by atoms with Gasteiger partial charge < -0.3 is 14.6 Å². The average molecular weight is 238 g/mol. The number of esters is 1. The molecule has 1 fully saturated rings. The summed E-state index contributed by atoms with van der Waals surface area (Å²) in [6, 6.07) is 0. The van der Waals surface area contributed by atoms with Crippen molar-refractivity contribution >= 4 is 18.2 Å². The van der Waals surface area contributed by atoms with E-state index in [1.54, 1.807) is 0 Å². The first-order chi connectivity index (χ1) is 8.10. The lowest BCUT2D eigenvalue weighted by Gasteiger charge is -2.14. The van der Waals surface area contributed by atoms with Gasteiger partial charge in [0.2, 0.25) is 0 Å². The standard InChI is InChI=1S/C12H14O5/c1-2-5-17-11(16)12-7(9(12)6-13)3-4-8(12)10(14)15/h4,6-7,9H,2-3,5H2,1H3,(H,14,15)/t7-,9?,12-/m0/s1. The molecule has 0 aliphatic heterocycles. The number of hydrogen-bond acceptors (Lipinski definition) is 4. The fraction of sp³-hybridized carbons (Fsp3) is 0.583. The number of ether oxygens (including phenoxy) is 1. The van der Waals surface area contributed by atoms with Crippen LogP contribution in [0, 0.1) is 17.3 Å². The van der Waals surface area contributed by atoms with Crippen molar-refractivity contribution in [1.29, 1.82) is 0 Å². The Bertz CT molecular complexity index is 411. The van der Waals surface area contributed by atoms with Gasteiger partial charge in [0.25, 0.3) is 0 Å². The maximum absolute atomic E-state index is 12.0. The molecule has 0 spiro atoms. The van der Waals surface area contributed by atoms with Crippen molar-refractivity contribution in [2.45, 2.75) is 19.8 Å². The van der Waals surface area contributed by atoms with Crippen LogP contribution in [0.5, 0.6) is 0 Å². The maximum Gasteiger partial charge on any atom is 0.332 e. The van der Waals surface area contributed by atoms with Crippen molar-refractivity contribution < 1.29 is 24.2 Å². The molecule has 3 atom stereocenters. The van der Waals surface area contributed by atoms with Gasteiger partial charge in [-0.05, 0) is 18.8 Å². The van der Waals surface area contributed by atoms with Crippen molar-refractivity contribution in [1.82, 2.24) is 0 Å². The van der Waals surface area contributed by atoms with Gasteiger partial charge in [0.15, 0.2) is 0 Å². The van der Waals surface area contributed by atoms with Crippen molar-refractivity contribution in [3.63, 3.8) is 0 Å². The Morgan fingerprint density at radius 2 is 2.35 bits per heavy atom. The molecule has 2 aliphatic carbocycles. The monoisotopic (exact) mass is 238 g/mol. The summed E-state index contributed by atoms with van der Waals surface area (Å²) in [4.78, 5) is 34.0. The van der Waals surface area contributed by atoms with Gasteiger partial charge in [0.1, 0.15) is 11.7 Å². The summed E-state index contributed by atoms with van der Waals surface area (Å²) in [6.07, 6.45) is 3.34. The van der Waals surface area contributed by atoms with E-state index in [1.807, 2.05) is 6.92 Å². The Kier molecular flexibility index (Phi) is 2.77. The number of carboxylic acids is 1. The largest absolute Gasteiger partial charge is 0.478 e. The van der Waals surface area contributed by atoms with Crippen molar-refractivity contribution in [2.24, 2.45) is 17.3 Å². The van der Waals surface area contributed by atoms with Crippen molar-refractivity contribution in [3.05, 3.63) is 11.6 Å². The second kappa shape index (κ2) is 3.98. The molecule has 2 aliphatic rings. The zero-order valence-corrected chi connectivity index (χ0v) is 9.51. The molecule has 0 heterocycles. The molecule has 5 heteroatoms. The fourth-order valence-electron chi connectivity index (χ4n) is 2.79. The predicted octanol–water partition coefficient (Wildman–Crippen LogP) is 0.786. The van der Waals surface area contributed by atoms with Crippen LogP contribution in [-0.2, 0) is 19.1 Å². The number of carbonyl (C=O) groups is 3. The molecule has 0 aromatic heterocycles. The van der Waals surface area contributed by atoms with Crippen LogP contribution in [0.25, 0.3) is 0 Å². The van der Waals surface area contributed by atoms with Crippen LogP contribution < -0.4 is 0 Å². The zero-order chi connectivity index (χ0) is 12.6. The van der Waals surface area contributed by atoms with Crippen LogP contribution in [0.15, 0.2) is 11.6 Å². The number of carboxylic acid groups (broad SMARTS) is 1. The minimum Gasteiger partial charge on any atom is -0.478 e. The molecule has 0 radical (unpaired) electrons. The zero-order valence-electron chi connectivity index (χ0n) is 9.51. The lowest BCUT2D eigenvalue weighted by atomic mass is 9.94. The van der Waals surface area contributed by atoms with Crippen LogP contribution in [0.2, 0.25) is 0 Å². The summed E-state index contributed by atoms with van der Waals surface area (Å²) in [5.74, 6) is -2.43. The van der Waals surface area contributed by atoms with Crippen LogP contribution in [0.4, 0.5) is 0 Å². The molecule has 0 aromatic carbocycles.